The molecule has 1 N–H and O–H groups in total. The molecule has 1 fully saturated rings. The second-order valence-corrected chi connectivity index (χ2v) is 8.44. The number of carbonyl (C=O) groups is 2. The molecular weight excluding hydrogens is 457 g/mol. The number of rotatable bonds is 7. The van der Waals surface area contributed by atoms with Crippen molar-refractivity contribution in [3.8, 4) is 5.75 Å². The molecule has 0 bridgehead atoms. The highest BCUT2D eigenvalue weighted by atomic mass is 35.5. The normalized spacial score (nSPS) is 14.0. The van der Waals surface area contributed by atoms with Gasteiger partial charge >= 0.3 is 0 Å². The molecule has 8 heteroatoms. The highest BCUT2D eigenvalue weighted by molar-refractivity contribution is 6.30. The number of piperazine rings is 1. The zero-order chi connectivity index (χ0) is 23.9. The zero-order valence-electron chi connectivity index (χ0n) is 18.5. The first-order chi connectivity index (χ1) is 16.5. The van der Waals surface area contributed by atoms with Gasteiger partial charge in [-0.3, -0.25) is 14.5 Å². The molecule has 0 saturated carbocycles. The van der Waals surface area contributed by atoms with E-state index in [9.17, 15) is 14.0 Å². The van der Waals surface area contributed by atoms with E-state index in [1.807, 2.05) is 24.3 Å². The molecule has 6 nitrogen and oxygen atoms in total. The molecular formula is C26H25ClFN3O3. The predicted octanol–water partition coefficient (Wildman–Crippen LogP) is 4.45. The third-order valence-electron chi connectivity index (χ3n) is 5.60. The van der Waals surface area contributed by atoms with Gasteiger partial charge in [0.05, 0.1) is 11.3 Å². The number of ether oxygens (including phenoxy) is 1. The minimum absolute atomic E-state index is 0.0805. The number of hydrogen-bond donors (Lipinski definition) is 1. The van der Waals surface area contributed by atoms with Crippen molar-refractivity contribution in [1.29, 1.82) is 0 Å². The van der Waals surface area contributed by atoms with Crippen molar-refractivity contribution in [2.45, 2.75) is 6.54 Å². The van der Waals surface area contributed by atoms with Crippen LogP contribution in [0.1, 0.15) is 15.9 Å². The Morgan fingerprint density at radius 1 is 0.912 bits per heavy atom. The van der Waals surface area contributed by atoms with E-state index in [4.69, 9.17) is 16.3 Å². The Morgan fingerprint density at radius 2 is 1.59 bits per heavy atom. The number of halogens is 2. The molecule has 0 aromatic heterocycles. The summed E-state index contributed by atoms with van der Waals surface area (Å²) in [6, 6.07) is 20.5. The molecule has 3 aromatic rings. The number of carbonyl (C=O) groups excluding carboxylic acids is 2. The SMILES string of the molecule is O=C(COc1ccccc1C(=O)N1CCN(Cc2ccc(Cl)cc2)CC1)Nc1ccccc1F. The van der Waals surface area contributed by atoms with Crippen molar-refractivity contribution in [1.82, 2.24) is 9.80 Å². The van der Waals surface area contributed by atoms with Crippen LogP contribution in [0.4, 0.5) is 10.1 Å². The molecule has 1 heterocycles. The van der Waals surface area contributed by atoms with Gasteiger partial charge in [-0.05, 0) is 42.0 Å². The van der Waals surface area contributed by atoms with E-state index in [-0.39, 0.29) is 18.2 Å². The van der Waals surface area contributed by atoms with Gasteiger partial charge in [0.25, 0.3) is 11.8 Å². The Balaban J connectivity index is 1.32. The maximum atomic E-state index is 13.7. The monoisotopic (exact) mass is 481 g/mol. The summed E-state index contributed by atoms with van der Waals surface area (Å²) in [5, 5.41) is 3.19. The summed E-state index contributed by atoms with van der Waals surface area (Å²) in [7, 11) is 0. The van der Waals surface area contributed by atoms with Crippen molar-refractivity contribution in [3.05, 3.63) is 94.8 Å². The average molecular weight is 482 g/mol. The number of nitrogens with one attached hydrogen (secondary N) is 1. The van der Waals surface area contributed by atoms with Crippen LogP contribution in [0.5, 0.6) is 5.75 Å². The maximum Gasteiger partial charge on any atom is 0.262 e. The van der Waals surface area contributed by atoms with Crippen molar-refractivity contribution in [2.24, 2.45) is 0 Å². The summed E-state index contributed by atoms with van der Waals surface area (Å²) in [5.41, 5.74) is 1.65. The molecule has 1 saturated heterocycles. The van der Waals surface area contributed by atoms with Gasteiger partial charge < -0.3 is 15.0 Å². The summed E-state index contributed by atoms with van der Waals surface area (Å²) in [4.78, 5) is 29.5. The quantitative estimate of drug-likeness (QED) is 0.541. The summed E-state index contributed by atoms with van der Waals surface area (Å²) < 4.78 is 19.4. The van der Waals surface area contributed by atoms with Crippen LogP contribution in [-0.4, -0.2) is 54.4 Å². The van der Waals surface area contributed by atoms with E-state index in [1.165, 1.54) is 17.7 Å². The number of benzene rings is 3. The molecule has 0 unspecified atom stereocenters. The minimum atomic E-state index is -0.526. The summed E-state index contributed by atoms with van der Waals surface area (Å²) >= 11 is 5.96. The Bertz CT molecular complexity index is 1150. The first-order valence-electron chi connectivity index (χ1n) is 11.0. The topological polar surface area (TPSA) is 61.9 Å². The van der Waals surface area contributed by atoms with Crippen LogP contribution in [-0.2, 0) is 11.3 Å². The number of nitrogens with zero attached hydrogens (tertiary/aromatic N) is 2. The average Bonchev–Trinajstić information content (AvgIpc) is 2.86. The zero-order valence-corrected chi connectivity index (χ0v) is 19.3. The van der Waals surface area contributed by atoms with Gasteiger partial charge in [-0.25, -0.2) is 4.39 Å². The van der Waals surface area contributed by atoms with E-state index in [0.717, 1.165) is 19.6 Å². The summed E-state index contributed by atoms with van der Waals surface area (Å²) in [5.74, 6) is -0.860. The molecule has 34 heavy (non-hydrogen) atoms. The van der Waals surface area contributed by atoms with Gasteiger partial charge in [-0.15, -0.1) is 0 Å². The van der Waals surface area contributed by atoms with E-state index >= 15 is 0 Å². The van der Waals surface area contributed by atoms with Crippen LogP contribution in [0, 0.1) is 5.82 Å². The largest absolute Gasteiger partial charge is 0.483 e. The fourth-order valence-electron chi connectivity index (χ4n) is 3.79. The Labute approximate surface area is 202 Å². The van der Waals surface area contributed by atoms with E-state index in [0.29, 0.717) is 29.4 Å². The molecule has 1 aliphatic heterocycles. The fourth-order valence-corrected chi connectivity index (χ4v) is 3.91. The molecule has 0 aliphatic carbocycles. The second kappa shape index (κ2) is 11.1. The summed E-state index contributed by atoms with van der Waals surface area (Å²) in [6.07, 6.45) is 0. The van der Waals surface area contributed by atoms with Gasteiger partial charge in [0.15, 0.2) is 6.61 Å². The van der Waals surface area contributed by atoms with Crippen molar-refractivity contribution >= 4 is 29.1 Å². The van der Waals surface area contributed by atoms with Gasteiger partial charge in [0.2, 0.25) is 0 Å². The molecule has 0 atom stereocenters. The summed E-state index contributed by atoms with van der Waals surface area (Å²) in [6.45, 7) is 3.15. The predicted molar refractivity (Wildman–Crippen MR) is 130 cm³/mol. The molecule has 0 radical (unpaired) electrons. The lowest BCUT2D eigenvalue weighted by molar-refractivity contribution is -0.118. The van der Waals surface area contributed by atoms with E-state index in [2.05, 4.69) is 10.2 Å². The van der Waals surface area contributed by atoms with Crippen molar-refractivity contribution in [3.63, 3.8) is 0 Å². The molecule has 3 aromatic carbocycles. The lowest BCUT2D eigenvalue weighted by Crippen LogP contribution is -2.48. The Morgan fingerprint density at radius 3 is 2.32 bits per heavy atom. The van der Waals surface area contributed by atoms with Gasteiger partial charge in [0.1, 0.15) is 11.6 Å². The molecule has 1 aliphatic rings. The highest BCUT2D eigenvalue weighted by Gasteiger charge is 2.24. The highest BCUT2D eigenvalue weighted by Crippen LogP contribution is 2.22. The van der Waals surface area contributed by atoms with Crippen LogP contribution < -0.4 is 10.1 Å². The third-order valence-corrected chi connectivity index (χ3v) is 5.86. The van der Waals surface area contributed by atoms with Crippen molar-refractivity contribution in [2.75, 3.05) is 38.1 Å². The number of para-hydroxylation sites is 2. The lowest BCUT2D eigenvalue weighted by Gasteiger charge is -2.35. The second-order valence-electron chi connectivity index (χ2n) is 8.01. The fraction of sp³-hybridized carbons (Fsp3) is 0.231. The minimum Gasteiger partial charge on any atom is -0.483 e. The molecule has 4 rings (SSSR count). The smallest absolute Gasteiger partial charge is 0.262 e. The first-order valence-corrected chi connectivity index (χ1v) is 11.4. The van der Waals surface area contributed by atoms with Crippen molar-refractivity contribution < 1.29 is 18.7 Å². The maximum absolute atomic E-state index is 13.7. The number of amides is 2. The molecule has 0 spiro atoms. The third kappa shape index (κ3) is 6.12. The Kier molecular flexibility index (Phi) is 7.77. The number of anilines is 1. The van der Waals surface area contributed by atoms with E-state index < -0.39 is 11.7 Å². The Hall–Kier alpha value is -3.42. The lowest BCUT2D eigenvalue weighted by atomic mass is 10.1. The molecule has 176 valence electrons. The van der Waals surface area contributed by atoms with E-state index in [1.54, 1.807) is 41.3 Å². The van der Waals surface area contributed by atoms with Crippen LogP contribution in [0.2, 0.25) is 5.02 Å². The van der Waals surface area contributed by atoms with Crippen LogP contribution in [0.15, 0.2) is 72.8 Å². The van der Waals surface area contributed by atoms with Gasteiger partial charge in [-0.1, -0.05) is 48.0 Å². The van der Waals surface area contributed by atoms with Crippen LogP contribution in [0.3, 0.4) is 0 Å². The van der Waals surface area contributed by atoms with Gasteiger partial charge in [0, 0.05) is 37.7 Å². The van der Waals surface area contributed by atoms with Crippen LogP contribution >= 0.6 is 11.6 Å². The first kappa shape index (κ1) is 23.7. The van der Waals surface area contributed by atoms with Crippen LogP contribution in [0.25, 0.3) is 0 Å². The number of hydrogen-bond acceptors (Lipinski definition) is 4. The van der Waals surface area contributed by atoms with Gasteiger partial charge in [-0.2, -0.15) is 0 Å². The molecule has 2 amide bonds. The standard InChI is InChI=1S/C26H25ClFN3O3/c27-20-11-9-19(10-12-20)17-30-13-15-31(16-14-30)26(33)21-5-1-4-8-24(21)34-18-25(32)29-23-7-3-2-6-22(23)28/h1-12H,13-18H2,(H,29,32).